The molecule has 2 rings (SSSR count). The molecule has 0 aromatic carbocycles. The number of ether oxygens (including phenoxy) is 1. The van der Waals surface area contributed by atoms with Crippen molar-refractivity contribution in [2.45, 2.75) is 19.0 Å². The number of hydrogen-bond donors (Lipinski definition) is 1. The van der Waals surface area contributed by atoms with Gasteiger partial charge in [0.25, 0.3) is 5.91 Å². The summed E-state index contributed by atoms with van der Waals surface area (Å²) in [7, 11) is -1.51. The zero-order valence-corrected chi connectivity index (χ0v) is 13.5. The van der Waals surface area contributed by atoms with E-state index in [-0.39, 0.29) is 30.0 Å². The number of amides is 1. The van der Waals surface area contributed by atoms with Crippen LogP contribution in [0.1, 0.15) is 21.9 Å². The Morgan fingerprint density at radius 1 is 1.62 bits per heavy atom. The number of nitrogens with zero attached hydrogens (tertiary/aromatic N) is 2. The molecule has 1 amide bonds. The minimum Gasteiger partial charge on any atom is -0.383 e. The predicted octanol–water partition coefficient (Wildman–Crippen LogP) is -0.122. The summed E-state index contributed by atoms with van der Waals surface area (Å²) < 4.78 is 28.3. The lowest BCUT2D eigenvalue weighted by Crippen LogP contribution is -2.43. The second-order valence-corrected chi connectivity index (χ2v) is 8.05. The van der Waals surface area contributed by atoms with Gasteiger partial charge in [0.1, 0.15) is 10.7 Å². The van der Waals surface area contributed by atoms with Crippen molar-refractivity contribution in [3.63, 3.8) is 0 Å². The van der Waals surface area contributed by atoms with Crippen LogP contribution in [0.25, 0.3) is 0 Å². The van der Waals surface area contributed by atoms with Gasteiger partial charge in [-0.3, -0.25) is 4.79 Å². The number of sulfone groups is 1. The van der Waals surface area contributed by atoms with Crippen LogP contribution in [0.5, 0.6) is 0 Å². The third kappa shape index (κ3) is 4.00. The molecule has 0 radical (unpaired) electrons. The fraction of sp³-hybridized carbons (Fsp3) is 0.667. The Kier molecular flexibility index (Phi) is 5.31. The van der Waals surface area contributed by atoms with E-state index in [1.807, 2.05) is 0 Å². The Labute approximate surface area is 128 Å². The number of nitrogens with two attached hydrogens (primary N) is 1. The van der Waals surface area contributed by atoms with E-state index in [1.54, 1.807) is 17.4 Å². The number of rotatable bonds is 6. The van der Waals surface area contributed by atoms with Crippen molar-refractivity contribution in [2.75, 3.05) is 31.8 Å². The van der Waals surface area contributed by atoms with E-state index < -0.39 is 9.84 Å². The molecule has 0 bridgehead atoms. The Hall–Kier alpha value is -1.03. The summed E-state index contributed by atoms with van der Waals surface area (Å²) in [6.45, 7) is 0.995. The van der Waals surface area contributed by atoms with E-state index in [9.17, 15) is 13.2 Å². The first kappa shape index (κ1) is 16.3. The molecule has 1 unspecified atom stereocenters. The van der Waals surface area contributed by atoms with Crippen LogP contribution in [0.15, 0.2) is 5.38 Å². The van der Waals surface area contributed by atoms with E-state index in [4.69, 9.17) is 10.5 Å². The highest BCUT2D eigenvalue weighted by atomic mass is 32.2. The van der Waals surface area contributed by atoms with Gasteiger partial charge in [-0.2, -0.15) is 0 Å². The summed E-state index contributed by atoms with van der Waals surface area (Å²) in [4.78, 5) is 18.3. The van der Waals surface area contributed by atoms with Gasteiger partial charge in [-0.25, -0.2) is 13.4 Å². The van der Waals surface area contributed by atoms with Crippen molar-refractivity contribution in [3.8, 4) is 0 Å². The van der Waals surface area contributed by atoms with Crippen LogP contribution < -0.4 is 5.73 Å². The lowest BCUT2D eigenvalue weighted by atomic mass is 10.2. The van der Waals surface area contributed by atoms with Gasteiger partial charge in [-0.05, 0) is 6.42 Å². The van der Waals surface area contributed by atoms with Crippen LogP contribution in [0, 0.1) is 0 Å². The molecule has 1 aromatic heterocycles. The fourth-order valence-electron chi connectivity index (χ4n) is 2.31. The van der Waals surface area contributed by atoms with Crippen LogP contribution in [-0.4, -0.2) is 62.0 Å². The summed E-state index contributed by atoms with van der Waals surface area (Å²) in [5.74, 6) is -0.124. The molecule has 1 aromatic rings. The molecule has 2 N–H and O–H groups in total. The Morgan fingerprint density at radius 2 is 2.38 bits per heavy atom. The lowest BCUT2D eigenvalue weighted by molar-refractivity contribution is 0.0619. The van der Waals surface area contributed by atoms with E-state index in [2.05, 4.69) is 4.98 Å². The second-order valence-electron chi connectivity index (χ2n) is 4.88. The number of thiazole rings is 1. The van der Waals surface area contributed by atoms with Crippen LogP contribution in [-0.2, 0) is 21.1 Å². The van der Waals surface area contributed by atoms with Crippen molar-refractivity contribution >= 4 is 27.1 Å². The molecule has 1 aliphatic rings. The average molecular weight is 333 g/mol. The van der Waals surface area contributed by atoms with Crippen LogP contribution in [0.3, 0.4) is 0 Å². The molecular formula is C12H19N3O4S2. The number of carbonyl (C=O) groups is 1. The maximum Gasteiger partial charge on any atom is 0.273 e. The van der Waals surface area contributed by atoms with Gasteiger partial charge >= 0.3 is 0 Å². The van der Waals surface area contributed by atoms with Crippen LogP contribution in [0.2, 0.25) is 0 Å². The Morgan fingerprint density at radius 3 is 2.90 bits per heavy atom. The lowest BCUT2D eigenvalue weighted by Gasteiger charge is -2.27. The van der Waals surface area contributed by atoms with Gasteiger partial charge in [0.15, 0.2) is 9.84 Å². The minimum absolute atomic E-state index is 0.0103. The molecule has 21 heavy (non-hydrogen) atoms. The first-order valence-corrected chi connectivity index (χ1v) is 9.31. The van der Waals surface area contributed by atoms with Gasteiger partial charge in [-0.15, -0.1) is 11.3 Å². The molecule has 9 heteroatoms. The monoisotopic (exact) mass is 333 g/mol. The summed E-state index contributed by atoms with van der Waals surface area (Å²) >= 11 is 1.33. The smallest absolute Gasteiger partial charge is 0.273 e. The topological polar surface area (TPSA) is 103 Å². The molecule has 0 saturated carbocycles. The molecule has 1 saturated heterocycles. The Balaban J connectivity index is 2.17. The second kappa shape index (κ2) is 6.82. The van der Waals surface area contributed by atoms with Gasteiger partial charge in [-0.1, -0.05) is 0 Å². The van der Waals surface area contributed by atoms with Crippen molar-refractivity contribution in [1.29, 1.82) is 0 Å². The number of carbonyl (C=O) groups excluding carboxylic acids is 1. The predicted molar refractivity (Wildman–Crippen MR) is 80.0 cm³/mol. The first-order chi connectivity index (χ1) is 9.96. The molecule has 1 aliphatic heterocycles. The maximum absolute atomic E-state index is 12.6. The highest BCUT2D eigenvalue weighted by molar-refractivity contribution is 7.91. The highest BCUT2D eigenvalue weighted by Gasteiger charge is 2.35. The van der Waals surface area contributed by atoms with Crippen molar-refractivity contribution in [3.05, 3.63) is 16.1 Å². The van der Waals surface area contributed by atoms with Crippen molar-refractivity contribution in [1.82, 2.24) is 9.88 Å². The maximum atomic E-state index is 12.6. The largest absolute Gasteiger partial charge is 0.383 e. The third-order valence-electron chi connectivity index (χ3n) is 3.39. The van der Waals surface area contributed by atoms with Crippen LogP contribution >= 0.6 is 11.3 Å². The molecule has 1 atom stereocenters. The quantitative estimate of drug-likeness (QED) is 0.778. The first-order valence-electron chi connectivity index (χ1n) is 6.61. The standard InChI is InChI=1S/C12H19N3O4S2/c1-19-4-3-15(9-2-5-21(17,18)8-9)12(16)10-7-20-11(6-13)14-10/h7,9H,2-6,8,13H2,1H3. The summed E-state index contributed by atoms with van der Waals surface area (Å²) in [5.41, 5.74) is 5.82. The van der Waals surface area contributed by atoms with Gasteiger partial charge in [0.2, 0.25) is 0 Å². The highest BCUT2D eigenvalue weighted by Crippen LogP contribution is 2.20. The van der Waals surface area contributed by atoms with E-state index in [0.717, 1.165) is 0 Å². The number of hydrogen-bond acceptors (Lipinski definition) is 7. The molecule has 7 nitrogen and oxygen atoms in total. The minimum atomic E-state index is -3.05. The normalized spacial score (nSPS) is 20.6. The van der Waals surface area contributed by atoms with Gasteiger partial charge in [0, 0.05) is 31.6 Å². The van der Waals surface area contributed by atoms with Crippen molar-refractivity contribution < 1.29 is 17.9 Å². The fourth-order valence-corrected chi connectivity index (χ4v) is 4.69. The molecule has 118 valence electrons. The third-order valence-corrected chi connectivity index (χ3v) is 6.01. The molecule has 0 aliphatic carbocycles. The van der Waals surface area contributed by atoms with Gasteiger partial charge < -0.3 is 15.4 Å². The van der Waals surface area contributed by atoms with E-state index >= 15 is 0 Å². The molecule has 1 fully saturated rings. The zero-order chi connectivity index (χ0) is 15.5. The molecule has 2 heterocycles. The molecule has 0 spiro atoms. The zero-order valence-electron chi connectivity index (χ0n) is 11.8. The summed E-state index contributed by atoms with van der Waals surface area (Å²) in [6, 6.07) is -0.305. The Bertz CT molecular complexity index is 599. The van der Waals surface area contributed by atoms with Gasteiger partial charge in [0.05, 0.1) is 18.1 Å². The van der Waals surface area contributed by atoms with E-state index in [1.165, 1.54) is 11.3 Å². The van der Waals surface area contributed by atoms with Crippen molar-refractivity contribution in [2.24, 2.45) is 5.73 Å². The van der Waals surface area contributed by atoms with Crippen LogP contribution in [0.4, 0.5) is 0 Å². The summed E-state index contributed by atoms with van der Waals surface area (Å²) in [6.07, 6.45) is 0.464. The van der Waals surface area contributed by atoms with E-state index in [0.29, 0.717) is 30.3 Å². The SMILES string of the molecule is COCCN(C(=O)c1csc(CN)n1)C1CCS(=O)(=O)C1. The molecular weight excluding hydrogens is 314 g/mol. The summed E-state index contributed by atoms with van der Waals surface area (Å²) in [5, 5.41) is 2.34. The number of aromatic nitrogens is 1. The number of methoxy groups -OCH3 is 1. The average Bonchev–Trinajstić information content (AvgIpc) is 3.05.